The molecule has 0 bridgehead atoms. The summed E-state index contributed by atoms with van der Waals surface area (Å²) in [5, 5.41) is 0. The van der Waals surface area contributed by atoms with Gasteiger partial charge in [0.2, 0.25) is 0 Å². The van der Waals surface area contributed by atoms with Crippen LogP contribution in [0.2, 0.25) is 0 Å². The zero-order valence-corrected chi connectivity index (χ0v) is 7.73. The van der Waals surface area contributed by atoms with Crippen molar-refractivity contribution in [3.05, 3.63) is 30.3 Å². The summed E-state index contributed by atoms with van der Waals surface area (Å²) in [6.07, 6.45) is 0. The molecule has 0 spiro atoms. The third-order valence-corrected chi connectivity index (χ3v) is 3.95. The first-order valence-electron chi connectivity index (χ1n) is 3.02. The Balaban J connectivity index is 3.14. The number of hydrogen-bond donors (Lipinski definition) is 0. The van der Waals surface area contributed by atoms with Gasteiger partial charge in [-0.15, -0.1) is 0 Å². The molecule has 11 heavy (non-hydrogen) atoms. The quantitative estimate of drug-likeness (QED) is 0.673. The Labute approximate surface area is 66.9 Å². The maximum absolute atomic E-state index is 11.1. The number of benzene rings is 1. The van der Waals surface area contributed by atoms with Gasteiger partial charge in [-0.25, -0.2) is 0 Å². The van der Waals surface area contributed by atoms with Crippen molar-refractivity contribution >= 4 is 17.5 Å². The molecule has 0 heterocycles. The van der Waals surface area contributed by atoms with Crippen LogP contribution >= 0.6 is 0 Å². The zero-order chi connectivity index (χ0) is 8.32. The van der Waals surface area contributed by atoms with Gasteiger partial charge >= 0.3 is 66.4 Å². The van der Waals surface area contributed by atoms with Crippen LogP contribution in [-0.4, -0.2) is 20.1 Å². The van der Waals surface area contributed by atoms with Gasteiger partial charge in [0.1, 0.15) is 0 Å². The van der Waals surface area contributed by atoms with Crippen molar-refractivity contribution in [2.24, 2.45) is 0 Å². The van der Waals surface area contributed by atoms with Crippen LogP contribution in [0, 0.1) is 0 Å². The van der Waals surface area contributed by atoms with Gasteiger partial charge in [0.05, 0.1) is 0 Å². The average Bonchev–Trinajstić information content (AvgIpc) is 2.06. The first kappa shape index (κ1) is 8.40. The molecule has 0 unspecified atom stereocenters. The summed E-state index contributed by atoms with van der Waals surface area (Å²) in [6.45, 7) is 0. The number of hydrogen-bond acceptors (Lipinski definition) is 3. The topological polar surface area (TPSA) is 43.4 Å². The predicted octanol–water partition coefficient (Wildman–Crippen LogP) is 0.340. The van der Waals surface area contributed by atoms with E-state index in [9.17, 15) is 7.67 Å². The fourth-order valence-corrected chi connectivity index (χ4v) is 2.12. The van der Waals surface area contributed by atoms with Gasteiger partial charge in [0, 0.05) is 0 Å². The molecule has 0 saturated carbocycles. The average molecular weight is 219 g/mol. The molecule has 0 amide bonds. The molecule has 4 heteroatoms. The molecule has 0 aliphatic heterocycles. The molecule has 1 rings (SSSR count). The van der Waals surface area contributed by atoms with Gasteiger partial charge in [-0.05, 0) is 0 Å². The van der Waals surface area contributed by atoms with Gasteiger partial charge in [-0.1, -0.05) is 0 Å². The summed E-state index contributed by atoms with van der Waals surface area (Å²) in [7, 11) is 1.17. The van der Waals surface area contributed by atoms with E-state index in [1.165, 1.54) is 19.2 Å². The van der Waals surface area contributed by atoms with E-state index >= 15 is 0 Å². The van der Waals surface area contributed by atoms with E-state index in [1.54, 1.807) is 18.2 Å². The second-order valence-corrected chi connectivity index (χ2v) is 5.53. The van der Waals surface area contributed by atoms with Crippen molar-refractivity contribution in [3.63, 3.8) is 0 Å². The van der Waals surface area contributed by atoms with Crippen molar-refractivity contribution < 1.29 is 11.5 Å². The van der Waals surface area contributed by atoms with Crippen molar-refractivity contribution in [1.82, 2.24) is 0 Å². The van der Waals surface area contributed by atoms with Crippen molar-refractivity contribution in [2.45, 2.75) is 0 Å². The molecule has 0 fully saturated rings. The summed E-state index contributed by atoms with van der Waals surface area (Å²) in [6, 6.07) is 8.12. The van der Waals surface area contributed by atoms with Crippen LogP contribution in [0.5, 0.6) is 0 Å². The molecule has 0 atom stereocenters. The Morgan fingerprint density at radius 3 is 2.18 bits per heavy atom. The van der Waals surface area contributed by atoms with E-state index in [1.807, 2.05) is 0 Å². The molecule has 0 aliphatic carbocycles. The minimum atomic E-state index is -4.23. The van der Waals surface area contributed by atoms with Crippen LogP contribution in [0.1, 0.15) is 0 Å². The van der Waals surface area contributed by atoms with E-state index in [0.29, 0.717) is 0 Å². The van der Waals surface area contributed by atoms with E-state index in [0.717, 1.165) is 0 Å². The van der Waals surface area contributed by atoms with Crippen molar-refractivity contribution in [1.29, 1.82) is 0 Å². The predicted molar refractivity (Wildman–Crippen MR) is 40.2 cm³/mol. The van der Waals surface area contributed by atoms with Crippen molar-refractivity contribution in [3.8, 4) is 0 Å². The molecule has 0 N–H and O–H groups in total. The van der Waals surface area contributed by atoms with Gasteiger partial charge in [-0.3, -0.25) is 0 Å². The summed E-state index contributed by atoms with van der Waals surface area (Å²) in [5.41, 5.74) is 0. The molecule has 1 aromatic carbocycles. The Morgan fingerprint density at radius 2 is 1.73 bits per heavy atom. The van der Waals surface area contributed by atoms with Crippen LogP contribution in [0.3, 0.4) is 0 Å². The monoisotopic (exact) mass is 220 g/mol. The first-order valence-corrected chi connectivity index (χ1v) is 5.98. The fourth-order valence-electron chi connectivity index (χ4n) is 0.683. The Morgan fingerprint density at radius 1 is 1.18 bits per heavy atom. The van der Waals surface area contributed by atoms with Crippen LogP contribution in [0.4, 0.5) is 0 Å². The van der Waals surface area contributed by atoms with E-state index in [4.69, 9.17) is 0 Å². The SMILES string of the molecule is CO[Se](=O)(=O)c1ccccc1. The molecular formula is C7H8O3Se. The molecule has 60 valence electrons. The van der Waals surface area contributed by atoms with Crippen molar-refractivity contribution in [2.75, 3.05) is 7.11 Å². The molecule has 1 aromatic rings. The zero-order valence-electron chi connectivity index (χ0n) is 6.02. The van der Waals surface area contributed by atoms with Gasteiger partial charge in [-0.2, -0.15) is 0 Å². The molecule has 0 aromatic heterocycles. The summed E-state index contributed by atoms with van der Waals surface area (Å²) in [4.78, 5) is 0. The summed E-state index contributed by atoms with van der Waals surface area (Å²) >= 11 is -4.23. The Kier molecular flexibility index (Phi) is 2.39. The molecular weight excluding hydrogens is 211 g/mol. The van der Waals surface area contributed by atoms with Gasteiger partial charge < -0.3 is 0 Å². The van der Waals surface area contributed by atoms with Crippen LogP contribution in [-0.2, 0) is 11.5 Å². The van der Waals surface area contributed by atoms with Crippen LogP contribution in [0.25, 0.3) is 0 Å². The van der Waals surface area contributed by atoms with Crippen LogP contribution < -0.4 is 4.46 Å². The van der Waals surface area contributed by atoms with Crippen LogP contribution in [0.15, 0.2) is 30.3 Å². The van der Waals surface area contributed by atoms with E-state index < -0.39 is 13.0 Å². The molecule has 0 radical (unpaired) electrons. The van der Waals surface area contributed by atoms with Gasteiger partial charge in [0.15, 0.2) is 0 Å². The summed E-state index contributed by atoms with van der Waals surface area (Å²) < 4.78 is 26.7. The third-order valence-electron chi connectivity index (χ3n) is 1.25. The second-order valence-electron chi connectivity index (χ2n) is 1.93. The fraction of sp³-hybridized carbons (Fsp3) is 0.143. The minimum absolute atomic E-state index is 0.256. The molecule has 0 aliphatic rings. The number of rotatable bonds is 2. The summed E-state index contributed by atoms with van der Waals surface area (Å²) in [5.74, 6) is 0. The standard InChI is InChI=1S/C7H8O3Se/c1-10-11(8,9)7-5-3-2-4-6-7/h2-6H,1H3. The maximum atomic E-state index is 11.1. The Bertz CT molecular complexity index is 315. The Hall–Kier alpha value is -0.701. The van der Waals surface area contributed by atoms with Gasteiger partial charge in [0.25, 0.3) is 0 Å². The van der Waals surface area contributed by atoms with E-state index in [2.05, 4.69) is 3.82 Å². The normalized spacial score (nSPS) is 11.4. The molecule has 3 nitrogen and oxygen atoms in total. The molecule has 0 saturated heterocycles. The second kappa shape index (κ2) is 3.13. The first-order chi connectivity index (χ1) is 5.17. The van der Waals surface area contributed by atoms with E-state index in [-0.39, 0.29) is 4.46 Å². The third kappa shape index (κ3) is 1.87.